The van der Waals surface area contributed by atoms with Crippen LogP contribution in [0.3, 0.4) is 0 Å². The standard InChI is InChI=1S/C12H21NO4/c1-4-7-12(2,3)13-10(14)8-5-6-9(17-8)11(15)16/h8-9H,4-7H2,1-3H3,(H,13,14)(H,15,16). The first-order valence-corrected chi connectivity index (χ1v) is 6.06. The molecule has 98 valence electrons. The number of carbonyl (C=O) groups excluding carboxylic acids is 1. The minimum Gasteiger partial charge on any atom is -0.479 e. The Kier molecular flexibility index (Phi) is 4.51. The molecule has 1 heterocycles. The number of nitrogens with one attached hydrogen (secondary N) is 1. The van der Waals surface area contributed by atoms with Crippen molar-refractivity contribution in [1.82, 2.24) is 5.32 Å². The van der Waals surface area contributed by atoms with Crippen LogP contribution in [0, 0.1) is 0 Å². The summed E-state index contributed by atoms with van der Waals surface area (Å²) in [6, 6.07) is 0. The Balaban J connectivity index is 2.47. The molecule has 1 aliphatic rings. The van der Waals surface area contributed by atoms with Crippen LogP contribution in [0.2, 0.25) is 0 Å². The van der Waals surface area contributed by atoms with Gasteiger partial charge in [0, 0.05) is 5.54 Å². The van der Waals surface area contributed by atoms with Gasteiger partial charge in [0.25, 0.3) is 0 Å². The summed E-state index contributed by atoms with van der Waals surface area (Å²) in [4.78, 5) is 22.6. The molecule has 2 N–H and O–H groups in total. The van der Waals surface area contributed by atoms with Crippen molar-refractivity contribution in [1.29, 1.82) is 0 Å². The number of rotatable bonds is 5. The number of hydrogen-bond donors (Lipinski definition) is 2. The molecule has 5 heteroatoms. The van der Waals surface area contributed by atoms with Crippen molar-refractivity contribution < 1.29 is 19.4 Å². The minimum atomic E-state index is -0.992. The summed E-state index contributed by atoms with van der Waals surface area (Å²) in [5.41, 5.74) is -0.267. The number of aliphatic carboxylic acids is 1. The van der Waals surface area contributed by atoms with E-state index >= 15 is 0 Å². The quantitative estimate of drug-likeness (QED) is 0.763. The second-order valence-electron chi connectivity index (χ2n) is 5.15. The lowest BCUT2D eigenvalue weighted by molar-refractivity contribution is -0.152. The summed E-state index contributed by atoms with van der Waals surface area (Å²) >= 11 is 0. The zero-order valence-electron chi connectivity index (χ0n) is 10.7. The van der Waals surface area contributed by atoms with Gasteiger partial charge in [-0.15, -0.1) is 0 Å². The van der Waals surface area contributed by atoms with Gasteiger partial charge in [0.05, 0.1) is 0 Å². The number of carboxylic acid groups (broad SMARTS) is 1. The first kappa shape index (κ1) is 14.0. The number of amides is 1. The van der Waals surface area contributed by atoms with Gasteiger partial charge < -0.3 is 15.2 Å². The molecule has 0 spiro atoms. The predicted octanol–water partition coefficient (Wildman–Crippen LogP) is 1.31. The molecule has 1 saturated heterocycles. The highest BCUT2D eigenvalue weighted by Crippen LogP contribution is 2.21. The Morgan fingerprint density at radius 1 is 1.35 bits per heavy atom. The van der Waals surface area contributed by atoms with Crippen LogP contribution in [0.25, 0.3) is 0 Å². The lowest BCUT2D eigenvalue weighted by atomic mass is 9.98. The fourth-order valence-electron chi connectivity index (χ4n) is 2.11. The van der Waals surface area contributed by atoms with Gasteiger partial charge in [0.1, 0.15) is 6.10 Å². The molecule has 2 atom stereocenters. The average Bonchev–Trinajstić information content (AvgIpc) is 2.64. The summed E-state index contributed by atoms with van der Waals surface area (Å²) in [6.45, 7) is 5.97. The summed E-state index contributed by atoms with van der Waals surface area (Å²) < 4.78 is 5.20. The van der Waals surface area contributed by atoms with Gasteiger partial charge >= 0.3 is 5.97 Å². The Bertz CT molecular complexity index is 301. The summed E-state index contributed by atoms with van der Waals surface area (Å²) in [6.07, 6.45) is 1.30. The molecule has 1 amide bonds. The lowest BCUT2D eigenvalue weighted by Crippen LogP contribution is -2.47. The zero-order valence-corrected chi connectivity index (χ0v) is 10.7. The lowest BCUT2D eigenvalue weighted by Gasteiger charge is -2.27. The van der Waals surface area contributed by atoms with Gasteiger partial charge in [0.15, 0.2) is 6.10 Å². The van der Waals surface area contributed by atoms with Crippen molar-refractivity contribution >= 4 is 11.9 Å². The van der Waals surface area contributed by atoms with E-state index in [2.05, 4.69) is 12.2 Å². The zero-order chi connectivity index (χ0) is 13.1. The Morgan fingerprint density at radius 3 is 2.41 bits per heavy atom. The van der Waals surface area contributed by atoms with Crippen molar-refractivity contribution in [3.63, 3.8) is 0 Å². The van der Waals surface area contributed by atoms with E-state index in [1.807, 2.05) is 13.8 Å². The van der Waals surface area contributed by atoms with Gasteiger partial charge in [-0.25, -0.2) is 4.79 Å². The monoisotopic (exact) mass is 243 g/mol. The van der Waals surface area contributed by atoms with Crippen LogP contribution >= 0.6 is 0 Å². The van der Waals surface area contributed by atoms with Gasteiger partial charge in [-0.05, 0) is 33.1 Å². The first-order chi connectivity index (χ1) is 7.85. The number of carbonyl (C=O) groups is 2. The molecular weight excluding hydrogens is 222 g/mol. The molecule has 17 heavy (non-hydrogen) atoms. The van der Waals surface area contributed by atoms with E-state index in [1.165, 1.54) is 0 Å². The van der Waals surface area contributed by atoms with Crippen LogP contribution in [0.1, 0.15) is 46.5 Å². The topological polar surface area (TPSA) is 75.6 Å². The van der Waals surface area contributed by atoms with E-state index in [4.69, 9.17) is 9.84 Å². The highest BCUT2D eigenvalue weighted by Gasteiger charge is 2.36. The maximum atomic E-state index is 11.9. The fraction of sp³-hybridized carbons (Fsp3) is 0.833. The predicted molar refractivity (Wildman–Crippen MR) is 62.7 cm³/mol. The van der Waals surface area contributed by atoms with Gasteiger partial charge in [-0.3, -0.25) is 4.79 Å². The maximum absolute atomic E-state index is 11.9. The normalized spacial score (nSPS) is 24.6. The largest absolute Gasteiger partial charge is 0.479 e. The number of carboxylic acids is 1. The van der Waals surface area contributed by atoms with E-state index in [0.29, 0.717) is 12.8 Å². The molecule has 0 aromatic carbocycles. The first-order valence-electron chi connectivity index (χ1n) is 6.06. The van der Waals surface area contributed by atoms with E-state index in [1.54, 1.807) is 0 Å². The van der Waals surface area contributed by atoms with E-state index < -0.39 is 18.2 Å². The highest BCUT2D eigenvalue weighted by atomic mass is 16.5. The average molecular weight is 243 g/mol. The second kappa shape index (κ2) is 5.49. The molecule has 0 bridgehead atoms. The third kappa shape index (κ3) is 4.00. The second-order valence-corrected chi connectivity index (χ2v) is 5.15. The molecule has 0 radical (unpaired) electrons. The van der Waals surface area contributed by atoms with E-state index in [-0.39, 0.29) is 11.4 Å². The molecule has 0 aromatic heterocycles. The van der Waals surface area contributed by atoms with Crippen LogP contribution < -0.4 is 5.32 Å². The van der Waals surface area contributed by atoms with E-state index in [9.17, 15) is 9.59 Å². The van der Waals surface area contributed by atoms with Crippen molar-refractivity contribution in [2.75, 3.05) is 0 Å². The Morgan fingerprint density at radius 2 is 1.94 bits per heavy atom. The van der Waals surface area contributed by atoms with Crippen LogP contribution in [0.4, 0.5) is 0 Å². The van der Waals surface area contributed by atoms with Crippen molar-refractivity contribution in [2.45, 2.75) is 64.2 Å². The van der Waals surface area contributed by atoms with Crippen molar-refractivity contribution in [3.8, 4) is 0 Å². The summed E-state index contributed by atoms with van der Waals surface area (Å²) in [5, 5.41) is 11.7. The van der Waals surface area contributed by atoms with Gasteiger partial charge in [-0.2, -0.15) is 0 Å². The van der Waals surface area contributed by atoms with E-state index in [0.717, 1.165) is 12.8 Å². The number of hydrogen-bond acceptors (Lipinski definition) is 3. The number of ether oxygens (including phenoxy) is 1. The van der Waals surface area contributed by atoms with Gasteiger partial charge in [0.2, 0.25) is 5.91 Å². The highest BCUT2D eigenvalue weighted by molar-refractivity contribution is 5.83. The van der Waals surface area contributed by atoms with Gasteiger partial charge in [-0.1, -0.05) is 13.3 Å². The molecule has 2 unspecified atom stereocenters. The summed E-state index contributed by atoms with van der Waals surface area (Å²) in [5.74, 6) is -1.19. The van der Waals surface area contributed by atoms with Crippen LogP contribution in [0.5, 0.6) is 0 Å². The third-order valence-corrected chi connectivity index (χ3v) is 2.92. The van der Waals surface area contributed by atoms with Crippen LogP contribution in [0.15, 0.2) is 0 Å². The van der Waals surface area contributed by atoms with Crippen LogP contribution in [-0.2, 0) is 14.3 Å². The molecule has 1 rings (SSSR count). The fourth-order valence-corrected chi connectivity index (χ4v) is 2.11. The SMILES string of the molecule is CCCC(C)(C)NC(=O)C1CCC(C(=O)O)O1. The molecule has 1 fully saturated rings. The molecular formula is C12H21NO4. The van der Waals surface area contributed by atoms with Crippen molar-refractivity contribution in [3.05, 3.63) is 0 Å². The Labute approximate surface area is 102 Å². The van der Waals surface area contributed by atoms with Crippen molar-refractivity contribution in [2.24, 2.45) is 0 Å². The summed E-state index contributed by atoms with van der Waals surface area (Å²) in [7, 11) is 0. The molecule has 5 nitrogen and oxygen atoms in total. The third-order valence-electron chi connectivity index (χ3n) is 2.92. The smallest absolute Gasteiger partial charge is 0.332 e. The molecule has 0 aliphatic carbocycles. The molecule has 0 saturated carbocycles. The Hall–Kier alpha value is -1.10. The maximum Gasteiger partial charge on any atom is 0.332 e. The molecule has 1 aliphatic heterocycles. The molecule has 0 aromatic rings. The van der Waals surface area contributed by atoms with Crippen LogP contribution in [-0.4, -0.2) is 34.7 Å². The minimum absolute atomic E-state index is 0.202.